The van der Waals surface area contributed by atoms with Gasteiger partial charge in [-0.25, -0.2) is 0 Å². The third-order valence-corrected chi connectivity index (χ3v) is 7.53. The van der Waals surface area contributed by atoms with Crippen molar-refractivity contribution in [2.75, 3.05) is 39.3 Å². The fourth-order valence-electron chi connectivity index (χ4n) is 5.86. The van der Waals surface area contributed by atoms with Crippen molar-refractivity contribution < 1.29 is 17.9 Å². The maximum absolute atomic E-state index is 13.3. The van der Waals surface area contributed by atoms with Gasteiger partial charge in [0, 0.05) is 25.0 Å². The van der Waals surface area contributed by atoms with Crippen LogP contribution >= 0.6 is 0 Å². The van der Waals surface area contributed by atoms with Crippen LogP contribution in [0.4, 0.5) is 13.2 Å². The Morgan fingerprint density at radius 3 is 2.58 bits per heavy atom. The fraction of sp³-hybridized carbons (Fsp3) is 0.556. The highest BCUT2D eigenvalue weighted by molar-refractivity contribution is 5.47. The van der Waals surface area contributed by atoms with Gasteiger partial charge in [0.2, 0.25) is 0 Å². The first kappa shape index (κ1) is 22.7. The molecule has 2 saturated heterocycles. The topological polar surface area (TPSA) is 15.7 Å². The van der Waals surface area contributed by atoms with Crippen molar-refractivity contribution in [3.05, 3.63) is 64.7 Å². The molecule has 2 atom stereocenters. The second-order valence-electron chi connectivity index (χ2n) is 9.72. The first-order valence-electron chi connectivity index (χ1n) is 12.4. The van der Waals surface area contributed by atoms with Crippen LogP contribution in [0.5, 0.6) is 5.75 Å². The molecule has 3 nitrogen and oxygen atoms in total. The second-order valence-corrected chi connectivity index (χ2v) is 9.72. The summed E-state index contributed by atoms with van der Waals surface area (Å²) in [7, 11) is 0. The number of hydrogen-bond donors (Lipinski definition) is 0. The van der Waals surface area contributed by atoms with E-state index in [1.807, 2.05) is 12.1 Å². The van der Waals surface area contributed by atoms with Crippen LogP contribution in [0, 0.1) is 0 Å². The van der Waals surface area contributed by atoms with E-state index in [0.717, 1.165) is 61.8 Å². The predicted molar refractivity (Wildman–Crippen MR) is 124 cm³/mol. The molecule has 0 aliphatic carbocycles. The van der Waals surface area contributed by atoms with E-state index in [0.29, 0.717) is 12.6 Å². The third-order valence-electron chi connectivity index (χ3n) is 7.53. The van der Waals surface area contributed by atoms with Crippen LogP contribution in [0.25, 0.3) is 0 Å². The summed E-state index contributed by atoms with van der Waals surface area (Å²) in [4.78, 5) is 4.96. The van der Waals surface area contributed by atoms with Crippen LogP contribution in [0.1, 0.15) is 72.7 Å². The maximum atomic E-state index is 13.3. The molecule has 0 saturated carbocycles. The van der Waals surface area contributed by atoms with Gasteiger partial charge in [0.05, 0.1) is 12.2 Å². The number of benzene rings is 2. The van der Waals surface area contributed by atoms with E-state index in [2.05, 4.69) is 21.9 Å². The number of piperidine rings is 1. The molecule has 3 aliphatic heterocycles. The molecule has 0 aromatic heterocycles. The molecule has 5 rings (SSSR count). The van der Waals surface area contributed by atoms with Gasteiger partial charge in [0.15, 0.2) is 0 Å². The molecule has 2 aromatic carbocycles. The summed E-state index contributed by atoms with van der Waals surface area (Å²) in [6.45, 7) is 5.95. The SMILES string of the molecule is FC(F)(F)c1cccc([C@H]2CN3CCC[C@H]3c3cc(OCCCN4CCCCC4)ccc32)c1. The molecular formula is C27H33F3N2O. The Morgan fingerprint density at radius 1 is 0.909 bits per heavy atom. The molecule has 2 fully saturated rings. The molecule has 0 N–H and O–H groups in total. The molecule has 33 heavy (non-hydrogen) atoms. The minimum absolute atomic E-state index is 0.0511. The van der Waals surface area contributed by atoms with Gasteiger partial charge in [-0.05, 0) is 86.6 Å². The molecule has 0 bridgehead atoms. The van der Waals surface area contributed by atoms with Gasteiger partial charge in [-0.1, -0.05) is 30.7 Å². The van der Waals surface area contributed by atoms with Gasteiger partial charge in [0.25, 0.3) is 0 Å². The number of likely N-dealkylation sites (tertiary alicyclic amines) is 1. The molecule has 0 spiro atoms. The summed E-state index contributed by atoms with van der Waals surface area (Å²) in [5, 5.41) is 0. The fourth-order valence-corrected chi connectivity index (χ4v) is 5.86. The highest BCUT2D eigenvalue weighted by Gasteiger charge is 2.38. The summed E-state index contributed by atoms with van der Waals surface area (Å²) >= 11 is 0. The van der Waals surface area contributed by atoms with Crippen molar-refractivity contribution >= 4 is 0 Å². The molecule has 178 valence electrons. The van der Waals surface area contributed by atoms with E-state index in [-0.39, 0.29) is 5.92 Å². The zero-order valence-electron chi connectivity index (χ0n) is 19.1. The van der Waals surface area contributed by atoms with Gasteiger partial charge in [-0.3, -0.25) is 4.90 Å². The van der Waals surface area contributed by atoms with Gasteiger partial charge >= 0.3 is 6.18 Å². The molecule has 0 amide bonds. The Labute approximate surface area is 194 Å². The second kappa shape index (κ2) is 9.67. The van der Waals surface area contributed by atoms with Gasteiger partial charge in [-0.15, -0.1) is 0 Å². The van der Waals surface area contributed by atoms with Crippen LogP contribution in [0.2, 0.25) is 0 Å². The summed E-state index contributed by atoms with van der Waals surface area (Å²) in [5.41, 5.74) is 2.55. The van der Waals surface area contributed by atoms with Crippen molar-refractivity contribution in [2.45, 2.75) is 56.7 Å². The van der Waals surface area contributed by atoms with Crippen molar-refractivity contribution in [1.29, 1.82) is 0 Å². The number of alkyl halides is 3. The molecule has 3 aliphatic rings. The van der Waals surface area contributed by atoms with E-state index < -0.39 is 11.7 Å². The lowest BCUT2D eigenvalue weighted by Crippen LogP contribution is -2.34. The Bertz CT molecular complexity index is 955. The Kier molecular flexibility index (Phi) is 6.66. The molecular weight excluding hydrogens is 425 g/mol. The van der Waals surface area contributed by atoms with Gasteiger partial charge in [0.1, 0.15) is 5.75 Å². The van der Waals surface area contributed by atoms with Crippen molar-refractivity contribution in [3.63, 3.8) is 0 Å². The monoisotopic (exact) mass is 458 g/mol. The van der Waals surface area contributed by atoms with E-state index in [1.54, 1.807) is 0 Å². The van der Waals surface area contributed by atoms with Crippen LogP contribution in [-0.4, -0.2) is 49.1 Å². The normalized spacial score (nSPS) is 23.8. The number of hydrogen-bond acceptors (Lipinski definition) is 3. The zero-order valence-corrected chi connectivity index (χ0v) is 19.1. The minimum atomic E-state index is -4.32. The van der Waals surface area contributed by atoms with Gasteiger partial charge in [-0.2, -0.15) is 13.2 Å². The summed E-state index contributed by atoms with van der Waals surface area (Å²) < 4.78 is 46.1. The van der Waals surface area contributed by atoms with Crippen LogP contribution < -0.4 is 4.74 Å². The average Bonchev–Trinajstić information content (AvgIpc) is 3.31. The largest absolute Gasteiger partial charge is 0.494 e. The first-order valence-corrected chi connectivity index (χ1v) is 12.4. The lowest BCUT2D eigenvalue weighted by atomic mass is 9.81. The lowest BCUT2D eigenvalue weighted by molar-refractivity contribution is -0.137. The van der Waals surface area contributed by atoms with Crippen molar-refractivity contribution in [1.82, 2.24) is 9.80 Å². The minimum Gasteiger partial charge on any atom is -0.494 e. The number of ether oxygens (including phenoxy) is 1. The highest BCUT2D eigenvalue weighted by Crippen LogP contribution is 2.46. The molecule has 0 radical (unpaired) electrons. The summed E-state index contributed by atoms with van der Waals surface area (Å²) in [6, 6.07) is 12.5. The Hall–Kier alpha value is -2.05. The molecule has 2 aromatic rings. The van der Waals surface area contributed by atoms with Gasteiger partial charge < -0.3 is 9.64 Å². The number of fused-ring (bicyclic) bond motifs is 3. The van der Waals surface area contributed by atoms with Crippen LogP contribution in [0.3, 0.4) is 0 Å². The molecule has 6 heteroatoms. The summed E-state index contributed by atoms with van der Waals surface area (Å²) in [6.07, 6.45) is 2.87. The third kappa shape index (κ3) is 5.07. The average molecular weight is 459 g/mol. The Balaban J connectivity index is 1.33. The standard InChI is InChI=1S/C27H33F3N2O/c28-27(29,30)21-8-4-7-20(17-21)25-19-32-15-5-9-26(32)24-18-22(10-11-23(24)25)33-16-6-14-31-12-2-1-3-13-31/h4,7-8,10-11,17-18,25-26H,1-3,5-6,9,12-16,19H2/t25-,26+/m1/s1. The smallest absolute Gasteiger partial charge is 0.416 e. The van der Waals surface area contributed by atoms with E-state index >= 15 is 0 Å². The molecule has 3 heterocycles. The van der Waals surface area contributed by atoms with Crippen LogP contribution in [0.15, 0.2) is 42.5 Å². The Morgan fingerprint density at radius 2 is 1.76 bits per heavy atom. The quantitative estimate of drug-likeness (QED) is 0.477. The lowest BCUT2D eigenvalue weighted by Gasteiger charge is -2.38. The zero-order chi connectivity index (χ0) is 22.8. The number of nitrogens with zero attached hydrogens (tertiary/aromatic N) is 2. The van der Waals surface area contributed by atoms with E-state index in [4.69, 9.17) is 4.74 Å². The van der Waals surface area contributed by atoms with E-state index in [9.17, 15) is 13.2 Å². The van der Waals surface area contributed by atoms with Crippen molar-refractivity contribution in [2.24, 2.45) is 0 Å². The van der Waals surface area contributed by atoms with Crippen LogP contribution in [-0.2, 0) is 6.18 Å². The predicted octanol–water partition coefficient (Wildman–Crippen LogP) is 6.24. The number of halogens is 3. The van der Waals surface area contributed by atoms with E-state index in [1.165, 1.54) is 50.0 Å². The first-order chi connectivity index (χ1) is 16.0. The summed E-state index contributed by atoms with van der Waals surface area (Å²) in [5.74, 6) is 0.828. The highest BCUT2D eigenvalue weighted by atomic mass is 19.4. The van der Waals surface area contributed by atoms with Crippen molar-refractivity contribution in [3.8, 4) is 5.75 Å². The maximum Gasteiger partial charge on any atom is 0.416 e. The number of rotatable bonds is 6. The molecule has 0 unspecified atom stereocenters.